The topological polar surface area (TPSA) is 53.6 Å². The molecule has 2 N–H and O–H groups in total. The van der Waals surface area contributed by atoms with E-state index in [4.69, 9.17) is 39.5 Å². The molecule has 2 aliphatic rings. The first-order valence-electron chi connectivity index (χ1n) is 10.8. The van der Waals surface area contributed by atoms with Gasteiger partial charge in [0.25, 0.3) is 0 Å². The van der Waals surface area contributed by atoms with E-state index in [-0.39, 0.29) is 12.1 Å². The fourth-order valence-electron chi connectivity index (χ4n) is 4.39. The molecule has 0 aliphatic carbocycles. The standard InChI is InChI=1S/C25H22Cl3N3O2/c26-20-5-2-1-4-17(20)18-12-16(33-15-8-10-29-11-9-15)13-23-19(18)14-30-25(32)31(23)24-21(27)6-3-7-22(24)28/h1-7,12-13,15,29H,8-11,14H2,(H,30,32). The number of amides is 2. The van der Waals surface area contributed by atoms with Crippen LogP contribution in [0.15, 0.2) is 54.6 Å². The van der Waals surface area contributed by atoms with E-state index in [0.717, 1.165) is 42.6 Å². The second-order valence-corrected chi connectivity index (χ2v) is 9.30. The van der Waals surface area contributed by atoms with Crippen molar-refractivity contribution in [3.63, 3.8) is 0 Å². The number of fused-ring (bicyclic) bond motifs is 1. The van der Waals surface area contributed by atoms with Crippen LogP contribution in [0.5, 0.6) is 5.75 Å². The van der Waals surface area contributed by atoms with Crippen LogP contribution >= 0.6 is 34.8 Å². The summed E-state index contributed by atoms with van der Waals surface area (Å²) in [7, 11) is 0. The molecule has 3 aromatic carbocycles. The number of carbonyl (C=O) groups is 1. The van der Waals surface area contributed by atoms with Gasteiger partial charge in [0, 0.05) is 28.8 Å². The number of nitrogens with zero attached hydrogens (tertiary/aromatic N) is 1. The molecule has 170 valence electrons. The Hall–Kier alpha value is -2.44. The Morgan fingerprint density at radius 1 is 0.879 bits per heavy atom. The number of hydrogen-bond donors (Lipinski definition) is 2. The van der Waals surface area contributed by atoms with E-state index in [1.165, 1.54) is 4.90 Å². The molecule has 5 rings (SSSR count). The Bertz CT molecular complexity index is 1190. The van der Waals surface area contributed by atoms with Crippen LogP contribution in [-0.4, -0.2) is 25.2 Å². The monoisotopic (exact) mass is 501 g/mol. The zero-order valence-corrected chi connectivity index (χ0v) is 20.0. The second-order valence-electron chi connectivity index (χ2n) is 8.08. The maximum atomic E-state index is 13.1. The van der Waals surface area contributed by atoms with Crippen LogP contribution in [0.2, 0.25) is 15.1 Å². The summed E-state index contributed by atoms with van der Waals surface area (Å²) in [5.74, 6) is 0.679. The number of hydrogen-bond acceptors (Lipinski definition) is 3. The summed E-state index contributed by atoms with van der Waals surface area (Å²) in [5.41, 5.74) is 3.79. The molecule has 2 aliphatic heterocycles. The number of urea groups is 1. The van der Waals surface area contributed by atoms with Crippen molar-refractivity contribution >= 4 is 52.2 Å². The molecule has 0 spiro atoms. The van der Waals surface area contributed by atoms with Crippen molar-refractivity contribution in [1.29, 1.82) is 0 Å². The van der Waals surface area contributed by atoms with Gasteiger partial charge < -0.3 is 15.4 Å². The van der Waals surface area contributed by atoms with E-state index in [9.17, 15) is 4.79 Å². The summed E-state index contributed by atoms with van der Waals surface area (Å²) < 4.78 is 6.40. The van der Waals surface area contributed by atoms with Crippen LogP contribution in [0.4, 0.5) is 16.2 Å². The summed E-state index contributed by atoms with van der Waals surface area (Å²) in [6.45, 7) is 2.18. The predicted molar refractivity (Wildman–Crippen MR) is 134 cm³/mol. The van der Waals surface area contributed by atoms with Crippen molar-refractivity contribution in [2.75, 3.05) is 18.0 Å². The molecule has 0 radical (unpaired) electrons. The number of rotatable bonds is 4. The highest BCUT2D eigenvalue weighted by atomic mass is 35.5. The fourth-order valence-corrected chi connectivity index (χ4v) is 5.19. The quantitative estimate of drug-likeness (QED) is 0.412. The largest absolute Gasteiger partial charge is 0.490 e. The minimum absolute atomic E-state index is 0.0955. The number of piperidine rings is 1. The van der Waals surface area contributed by atoms with Crippen molar-refractivity contribution in [3.8, 4) is 16.9 Å². The Labute approximate surface area is 207 Å². The highest BCUT2D eigenvalue weighted by molar-refractivity contribution is 6.40. The van der Waals surface area contributed by atoms with Gasteiger partial charge in [-0.2, -0.15) is 0 Å². The molecule has 0 unspecified atom stereocenters. The third-order valence-corrected chi connectivity index (χ3v) is 6.91. The molecule has 2 amide bonds. The summed E-state index contributed by atoms with van der Waals surface area (Å²) >= 11 is 19.6. The van der Waals surface area contributed by atoms with Crippen LogP contribution in [0.25, 0.3) is 11.1 Å². The number of para-hydroxylation sites is 1. The molecule has 1 saturated heterocycles. The van der Waals surface area contributed by atoms with Crippen LogP contribution in [0.3, 0.4) is 0 Å². The van der Waals surface area contributed by atoms with Gasteiger partial charge in [0.05, 0.1) is 21.4 Å². The second kappa shape index (κ2) is 9.43. The normalized spacial score (nSPS) is 16.3. The van der Waals surface area contributed by atoms with E-state index in [1.54, 1.807) is 18.2 Å². The Morgan fingerprint density at radius 3 is 2.30 bits per heavy atom. The number of carbonyl (C=O) groups excluding carboxylic acids is 1. The Kier molecular flexibility index (Phi) is 6.39. The molecule has 0 saturated carbocycles. The molecule has 3 aromatic rings. The van der Waals surface area contributed by atoms with Gasteiger partial charge in [-0.1, -0.05) is 59.1 Å². The highest BCUT2D eigenvalue weighted by Crippen LogP contribution is 2.46. The minimum Gasteiger partial charge on any atom is -0.490 e. The van der Waals surface area contributed by atoms with E-state index in [2.05, 4.69) is 10.6 Å². The van der Waals surface area contributed by atoms with Gasteiger partial charge in [0.1, 0.15) is 11.9 Å². The van der Waals surface area contributed by atoms with E-state index >= 15 is 0 Å². The predicted octanol–water partition coefficient (Wildman–Crippen LogP) is 6.81. The van der Waals surface area contributed by atoms with E-state index in [0.29, 0.717) is 38.7 Å². The Balaban J connectivity index is 1.70. The third-order valence-electron chi connectivity index (χ3n) is 5.97. The molecular weight excluding hydrogens is 481 g/mol. The van der Waals surface area contributed by atoms with Crippen molar-refractivity contribution < 1.29 is 9.53 Å². The summed E-state index contributed by atoms with van der Waals surface area (Å²) in [6.07, 6.45) is 1.93. The van der Waals surface area contributed by atoms with Gasteiger partial charge in [0.2, 0.25) is 0 Å². The first-order chi connectivity index (χ1) is 16.0. The average Bonchev–Trinajstić information content (AvgIpc) is 2.81. The summed E-state index contributed by atoms with van der Waals surface area (Å²) in [4.78, 5) is 14.6. The molecule has 0 aromatic heterocycles. The molecule has 2 heterocycles. The molecule has 33 heavy (non-hydrogen) atoms. The average molecular weight is 503 g/mol. The lowest BCUT2D eigenvalue weighted by Gasteiger charge is -2.33. The highest BCUT2D eigenvalue weighted by Gasteiger charge is 2.32. The van der Waals surface area contributed by atoms with Crippen LogP contribution in [0.1, 0.15) is 18.4 Å². The minimum atomic E-state index is -0.304. The fraction of sp³-hybridized carbons (Fsp3) is 0.240. The maximum Gasteiger partial charge on any atom is 0.326 e. The first-order valence-corrected chi connectivity index (χ1v) is 12.0. The van der Waals surface area contributed by atoms with Crippen molar-refractivity contribution in [2.45, 2.75) is 25.5 Å². The summed E-state index contributed by atoms with van der Waals surface area (Å²) in [6, 6.07) is 16.4. The molecule has 0 atom stereocenters. The molecule has 5 nitrogen and oxygen atoms in total. The smallest absolute Gasteiger partial charge is 0.326 e. The molecular formula is C25H22Cl3N3O2. The lowest BCUT2D eigenvalue weighted by Crippen LogP contribution is -2.41. The van der Waals surface area contributed by atoms with Crippen molar-refractivity contribution in [2.24, 2.45) is 0 Å². The lowest BCUT2D eigenvalue weighted by atomic mass is 9.95. The Morgan fingerprint density at radius 2 is 1.58 bits per heavy atom. The zero-order valence-electron chi connectivity index (χ0n) is 17.7. The lowest BCUT2D eigenvalue weighted by molar-refractivity contribution is 0.162. The molecule has 1 fully saturated rings. The number of ether oxygens (including phenoxy) is 1. The molecule has 0 bridgehead atoms. The molecule has 8 heteroatoms. The van der Waals surface area contributed by atoms with Gasteiger partial charge in [-0.25, -0.2) is 4.79 Å². The third kappa shape index (κ3) is 4.38. The number of anilines is 2. The van der Waals surface area contributed by atoms with E-state index < -0.39 is 0 Å². The van der Waals surface area contributed by atoms with Gasteiger partial charge >= 0.3 is 6.03 Å². The van der Waals surface area contributed by atoms with Crippen LogP contribution < -0.4 is 20.3 Å². The van der Waals surface area contributed by atoms with Crippen molar-refractivity contribution in [3.05, 3.63) is 75.2 Å². The van der Waals surface area contributed by atoms with E-state index in [1.807, 2.05) is 36.4 Å². The van der Waals surface area contributed by atoms with Gasteiger partial charge in [-0.15, -0.1) is 0 Å². The van der Waals surface area contributed by atoms with Gasteiger partial charge in [-0.3, -0.25) is 4.90 Å². The maximum absolute atomic E-state index is 13.1. The van der Waals surface area contributed by atoms with Crippen LogP contribution in [-0.2, 0) is 6.54 Å². The zero-order chi connectivity index (χ0) is 22.9. The number of benzene rings is 3. The number of halogens is 3. The number of nitrogens with one attached hydrogen (secondary N) is 2. The van der Waals surface area contributed by atoms with Gasteiger partial charge in [-0.05, 0) is 55.8 Å². The van der Waals surface area contributed by atoms with Gasteiger partial charge in [0.15, 0.2) is 0 Å². The van der Waals surface area contributed by atoms with Crippen LogP contribution in [0, 0.1) is 0 Å². The van der Waals surface area contributed by atoms with Crippen molar-refractivity contribution in [1.82, 2.24) is 10.6 Å². The first kappa shape index (κ1) is 22.4. The summed E-state index contributed by atoms with van der Waals surface area (Å²) in [5, 5.41) is 7.69. The SMILES string of the molecule is O=C1NCc2c(-c3ccccc3Cl)cc(OC3CCNCC3)cc2N1c1c(Cl)cccc1Cl.